The number of nitrogens with zero attached hydrogens (tertiary/aromatic N) is 1. The Kier molecular flexibility index (Phi) is 7.14. The predicted octanol–water partition coefficient (Wildman–Crippen LogP) is 3.07. The molecule has 0 saturated carbocycles. The Labute approximate surface area is 195 Å². The van der Waals surface area contributed by atoms with Crippen LogP contribution in [0.5, 0.6) is 0 Å². The lowest BCUT2D eigenvalue weighted by Crippen LogP contribution is -2.42. The lowest BCUT2D eigenvalue weighted by Gasteiger charge is -2.31. The Morgan fingerprint density at radius 2 is 1.67 bits per heavy atom. The van der Waals surface area contributed by atoms with Crippen LogP contribution in [0.3, 0.4) is 0 Å². The zero-order chi connectivity index (χ0) is 23.4. The van der Waals surface area contributed by atoms with Crippen LogP contribution < -0.4 is 5.32 Å². The molecule has 2 aromatic rings. The molecule has 0 bridgehead atoms. The van der Waals surface area contributed by atoms with E-state index in [0.29, 0.717) is 42.9 Å². The highest BCUT2D eigenvalue weighted by atomic mass is 32.2. The van der Waals surface area contributed by atoms with Gasteiger partial charge in [0.05, 0.1) is 17.6 Å². The summed E-state index contributed by atoms with van der Waals surface area (Å²) in [6, 6.07) is 12.4. The molecule has 176 valence electrons. The molecular formula is C25H30N2O5S. The highest BCUT2D eigenvalue weighted by molar-refractivity contribution is 7.89. The van der Waals surface area contributed by atoms with Crippen molar-refractivity contribution in [3.05, 3.63) is 64.7 Å². The van der Waals surface area contributed by atoms with Crippen LogP contribution in [0, 0.1) is 5.92 Å². The van der Waals surface area contributed by atoms with E-state index < -0.39 is 16.0 Å². The number of carbonyl (C=O) groups is 2. The molecular weight excluding hydrogens is 440 g/mol. The highest BCUT2D eigenvalue weighted by Crippen LogP contribution is 2.28. The minimum absolute atomic E-state index is 0.0714. The normalized spacial score (nSPS) is 17.2. The molecule has 4 rings (SSSR count). The van der Waals surface area contributed by atoms with Gasteiger partial charge in [0.25, 0.3) is 0 Å². The van der Waals surface area contributed by atoms with Gasteiger partial charge in [-0.1, -0.05) is 18.2 Å². The molecule has 0 spiro atoms. The summed E-state index contributed by atoms with van der Waals surface area (Å²) in [5.74, 6) is -0.685. The van der Waals surface area contributed by atoms with Crippen LogP contribution >= 0.6 is 0 Å². The summed E-state index contributed by atoms with van der Waals surface area (Å²) in [5, 5.41) is 2.93. The number of fused-ring (bicyclic) bond motifs is 1. The van der Waals surface area contributed by atoms with Gasteiger partial charge in [-0.05, 0) is 79.5 Å². The van der Waals surface area contributed by atoms with Gasteiger partial charge in [-0.2, -0.15) is 4.31 Å². The van der Waals surface area contributed by atoms with Crippen LogP contribution in [0.15, 0.2) is 47.4 Å². The van der Waals surface area contributed by atoms with Gasteiger partial charge in [-0.3, -0.25) is 4.79 Å². The Hall–Kier alpha value is -2.71. The van der Waals surface area contributed by atoms with E-state index in [9.17, 15) is 18.0 Å². The molecule has 1 N–H and O–H groups in total. The van der Waals surface area contributed by atoms with Crippen molar-refractivity contribution in [3.8, 4) is 0 Å². The van der Waals surface area contributed by atoms with Crippen molar-refractivity contribution in [2.45, 2.75) is 50.0 Å². The number of methoxy groups -OCH3 is 1. The average molecular weight is 471 g/mol. The molecule has 1 aliphatic heterocycles. The van der Waals surface area contributed by atoms with Gasteiger partial charge in [0, 0.05) is 25.6 Å². The number of sulfonamides is 1. The SMILES string of the molecule is COC(=O)c1ccc(CNC(=O)C2CCN(S(=O)(=O)c3ccc4c(c3)CCCC4)CC2)cc1. The number of esters is 1. The van der Waals surface area contributed by atoms with E-state index in [4.69, 9.17) is 0 Å². The number of hydrogen-bond donors (Lipinski definition) is 1. The maximum Gasteiger partial charge on any atom is 0.337 e. The highest BCUT2D eigenvalue weighted by Gasteiger charge is 2.32. The summed E-state index contributed by atoms with van der Waals surface area (Å²) in [5.41, 5.74) is 3.75. The van der Waals surface area contributed by atoms with Crippen LogP contribution in [-0.4, -0.2) is 44.8 Å². The van der Waals surface area contributed by atoms with Crippen molar-refractivity contribution in [2.24, 2.45) is 5.92 Å². The lowest BCUT2D eigenvalue weighted by atomic mass is 9.92. The smallest absolute Gasteiger partial charge is 0.337 e. The number of benzene rings is 2. The Morgan fingerprint density at radius 1 is 1.00 bits per heavy atom. The van der Waals surface area contributed by atoms with Gasteiger partial charge in [-0.25, -0.2) is 13.2 Å². The molecule has 1 fully saturated rings. The first-order valence-corrected chi connectivity index (χ1v) is 12.9. The second kappa shape index (κ2) is 10.1. The van der Waals surface area contributed by atoms with Crippen molar-refractivity contribution in [2.75, 3.05) is 20.2 Å². The topological polar surface area (TPSA) is 92.8 Å². The van der Waals surface area contributed by atoms with Crippen molar-refractivity contribution >= 4 is 21.9 Å². The fourth-order valence-electron chi connectivity index (χ4n) is 4.59. The first kappa shape index (κ1) is 23.4. The Morgan fingerprint density at radius 3 is 2.33 bits per heavy atom. The van der Waals surface area contributed by atoms with Crippen molar-refractivity contribution in [3.63, 3.8) is 0 Å². The third-order valence-electron chi connectivity index (χ3n) is 6.62. The van der Waals surface area contributed by atoms with Gasteiger partial charge < -0.3 is 10.1 Å². The molecule has 0 aromatic heterocycles. The minimum atomic E-state index is -3.55. The van der Waals surface area contributed by atoms with E-state index in [1.807, 2.05) is 12.1 Å². The molecule has 8 heteroatoms. The fraction of sp³-hybridized carbons (Fsp3) is 0.440. The van der Waals surface area contributed by atoms with Crippen LogP contribution in [-0.2, 0) is 38.9 Å². The summed E-state index contributed by atoms with van der Waals surface area (Å²) in [4.78, 5) is 24.5. The largest absolute Gasteiger partial charge is 0.465 e. The van der Waals surface area contributed by atoms with Gasteiger partial charge in [0.2, 0.25) is 15.9 Å². The first-order chi connectivity index (χ1) is 15.9. The number of piperidine rings is 1. The summed E-state index contributed by atoms with van der Waals surface area (Å²) in [6.45, 7) is 1.03. The Bertz CT molecular complexity index is 1120. The predicted molar refractivity (Wildman–Crippen MR) is 124 cm³/mol. The molecule has 1 saturated heterocycles. The van der Waals surface area contributed by atoms with Gasteiger partial charge in [0.15, 0.2) is 0 Å². The van der Waals surface area contributed by atoms with E-state index >= 15 is 0 Å². The third kappa shape index (κ3) is 5.28. The van der Waals surface area contributed by atoms with Crippen LogP contribution in [0.1, 0.15) is 52.7 Å². The Balaban J connectivity index is 1.31. The summed E-state index contributed by atoms with van der Waals surface area (Å²) >= 11 is 0. The van der Waals surface area contributed by atoms with Crippen LogP contribution in [0.4, 0.5) is 0 Å². The lowest BCUT2D eigenvalue weighted by molar-refractivity contribution is -0.126. The quantitative estimate of drug-likeness (QED) is 0.655. The van der Waals surface area contributed by atoms with Crippen LogP contribution in [0.2, 0.25) is 0 Å². The molecule has 7 nitrogen and oxygen atoms in total. The monoisotopic (exact) mass is 470 g/mol. The number of nitrogens with one attached hydrogen (secondary N) is 1. The molecule has 1 aliphatic carbocycles. The van der Waals surface area contributed by atoms with E-state index in [1.54, 1.807) is 30.3 Å². The minimum Gasteiger partial charge on any atom is -0.465 e. The molecule has 2 aromatic carbocycles. The zero-order valence-corrected chi connectivity index (χ0v) is 19.7. The van der Waals surface area contributed by atoms with Crippen molar-refractivity contribution < 1.29 is 22.7 Å². The molecule has 0 atom stereocenters. The van der Waals surface area contributed by atoms with Gasteiger partial charge in [0.1, 0.15) is 0 Å². The first-order valence-electron chi connectivity index (χ1n) is 11.5. The summed E-state index contributed by atoms with van der Waals surface area (Å²) < 4.78 is 32.5. The third-order valence-corrected chi connectivity index (χ3v) is 8.52. The second-order valence-electron chi connectivity index (χ2n) is 8.72. The molecule has 1 heterocycles. The standard InChI is InChI=1S/C25H30N2O5S/c1-32-25(29)21-8-6-18(7-9-21)17-26-24(28)20-12-14-27(15-13-20)33(30,31)23-11-10-19-4-2-3-5-22(19)16-23/h6-11,16,20H,2-5,12-15,17H2,1H3,(H,26,28). The maximum atomic E-state index is 13.1. The molecule has 1 amide bonds. The number of amides is 1. The van der Waals surface area contributed by atoms with Crippen molar-refractivity contribution in [1.29, 1.82) is 0 Å². The fourth-order valence-corrected chi connectivity index (χ4v) is 6.11. The van der Waals surface area contributed by atoms with E-state index in [1.165, 1.54) is 17.0 Å². The van der Waals surface area contributed by atoms with E-state index in [2.05, 4.69) is 10.1 Å². The van der Waals surface area contributed by atoms with E-state index in [0.717, 1.165) is 36.8 Å². The number of ether oxygens (including phenoxy) is 1. The van der Waals surface area contributed by atoms with Crippen molar-refractivity contribution in [1.82, 2.24) is 9.62 Å². The second-order valence-corrected chi connectivity index (χ2v) is 10.7. The molecule has 2 aliphatic rings. The molecule has 0 radical (unpaired) electrons. The van der Waals surface area contributed by atoms with E-state index in [-0.39, 0.29) is 11.8 Å². The maximum absolute atomic E-state index is 13.1. The van der Waals surface area contributed by atoms with Crippen LogP contribution in [0.25, 0.3) is 0 Å². The average Bonchev–Trinajstić information content (AvgIpc) is 2.86. The number of hydrogen-bond acceptors (Lipinski definition) is 5. The van der Waals surface area contributed by atoms with Gasteiger partial charge >= 0.3 is 5.97 Å². The number of aryl methyl sites for hydroxylation is 2. The van der Waals surface area contributed by atoms with Gasteiger partial charge in [-0.15, -0.1) is 0 Å². The zero-order valence-electron chi connectivity index (χ0n) is 18.9. The number of carbonyl (C=O) groups excluding carboxylic acids is 2. The molecule has 33 heavy (non-hydrogen) atoms. The summed E-state index contributed by atoms with van der Waals surface area (Å²) in [6.07, 6.45) is 5.21. The number of rotatable bonds is 6. The molecule has 0 unspecified atom stereocenters. The summed E-state index contributed by atoms with van der Waals surface area (Å²) in [7, 11) is -2.22.